The van der Waals surface area contributed by atoms with Crippen molar-refractivity contribution in [3.05, 3.63) is 76.2 Å². The van der Waals surface area contributed by atoms with Crippen molar-refractivity contribution in [2.45, 2.75) is 25.4 Å². The van der Waals surface area contributed by atoms with E-state index in [4.69, 9.17) is 9.47 Å². The largest absolute Gasteiger partial charge is 0.493 e. The standard InChI is InChI=1S/C30H32N4O6/c1-32-26-21-11-7-8-12-22(21)34(17-23(35)19-9-5-4-6-10-19)30(38)25(26)28(40-3)27(32)29(37)31-20-13-15-33(16-14-20)24(36)18-39-2/h4-12,20H,13-18H2,1-3H3,(H,31,37). The van der Waals surface area contributed by atoms with Crippen LogP contribution in [0.15, 0.2) is 59.4 Å². The van der Waals surface area contributed by atoms with Gasteiger partial charge in [0.05, 0.1) is 24.7 Å². The number of Topliss-reactive ketones (excluding diaryl/α,β-unsaturated/α-hetero) is 1. The van der Waals surface area contributed by atoms with Gasteiger partial charge in [-0.15, -0.1) is 0 Å². The highest BCUT2D eigenvalue weighted by Gasteiger charge is 2.30. The van der Waals surface area contributed by atoms with Gasteiger partial charge in [0.25, 0.3) is 11.5 Å². The van der Waals surface area contributed by atoms with Crippen LogP contribution in [0.2, 0.25) is 0 Å². The smallest absolute Gasteiger partial charge is 0.272 e. The normalized spacial score (nSPS) is 14.0. The van der Waals surface area contributed by atoms with E-state index in [-0.39, 0.29) is 53.6 Å². The first kappa shape index (κ1) is 27.1. The number of amides is 2. The quantitative estimate of drug-likeness (QED) is 0.342. The number of ketones is 1. The minimum atomic E-state index is -0.408. The van der Waals surface area contributed by atoms with Gasteiger partial charge in [-0.2, -0.15) is 0 Å². The second-order valence-electron chi connectivity index (χ2n) is 9.92. The number of hydrogen-bond donors (Lipinski definition) is 1. The second kappa shape index (κ2) is 11.4. The number of aryl methyl sites for hydroxylation is 1. The number of nitrogens with zero attached hydrogens (tertiary/aromatic N) is 3. The van der Waals surface area contributed by atoms with Crippen LogP contribution in [0.25, 0.3) is 21.8 Å². The van der Waals surface area contributed by atoms with Gasteiger partial charge in [-0.3, -0.25) is 23.7 Å². The van der Waals surface area contributed by atoms with E-state index >= 15 is 0 Å². The Bertz CT molecular complexity index is 1650. The molecule has 0 aliphatic carbocycles. The Morgan fingerprint density at radius 1 is 0.975 bits per heavy atom. The molecule has 0 bridgehead atoms. The molecule has 0 unspecified atom stereocenters. The van der Waals surface area contributed by atoms with Crippen LogP contribution in [0.4, 0.5) is 0 Å². The lowest BCUT2D eigenvalue weighted by Crippen LogP contribution is -2.47. The number of ether oxygens (including phenoxy) is 2. The van der Waals surface area contributed by atoms with Crippen LogP contribution >= 0.6 is 0 Å². The predicted molar refractivity (Wildman–Crippen MR) is 151 cm³/mol. The van der Waals surface area contributed by atoms with Crippen LogP contribution in [0, 0.1) is 0 Å². The van der Waals surface area contributed by atoms with Crippen LogP contribution in [0.5, 0.6) is 5.75 Å². The molecule has 1 saturated heterocycles. The van der Waals surface area contributed by atoms with Crippen molar-refractivity contribution < 1.29 is 23.9 Å². The van der Waals surface area contributed by atoms with Crippen LogP contribution in [0.3, 0.4) is 0 Å². The summed E-state index contributed by atoms with van der Waals surface area (Å²) in [5.74, 6) is -0.473. The summed E-state index contributed by atoms with van der Waals surface area (Å²) in [5.41, 5.74) is 1.48. The van der Waals surface area contributed by atoms with Crippen molar-refractivity contribution in [2.24, 2.45) is 7.05 Å². The number of para-hydroxylation sites is 1. The van der Waals surface area contributed by atoms with Crippen molar-refractivity contribution in [1.82, 2.24) is 19.4 Å². The first-order valence-corrected chi connectivity index (χ1v) is 13.2. The molecular weight excluding hydrogens is 512 g/mol. The molecule has 2 aromatic carbocycles. The third-order valence-electron chi connectivity index (χ3n) is 7.53. The number of rotatable bonds is 8. The van der Waals surface area contributed by atoms with E-state index in [1.807, 2.05) is 24.3 Å². The molecule has 1 aliphatic rings. The van der Waals surface area contributed by atoms with Gasteiger partial charge in [-0.05, 0) is 18.9 Å². The molecule has 10 heteroatoms. The van der Waals surface area contributed by atoms with Gasteiger partial charge in [0, 0.05) is 44.2 Å². The molecule has 0 spiro atoms. The average Bonchev–Trinajstić information content (AvgIpc) is 3.28. The second-order valence-corrected chi connectivity index (χ2v) is 9.92. The zero-order valence-electron chi connectivity index (χ0n) is 22.8. The van der Waals surface area contributed by atoms with E-state index in [1.165, 1.54) is 18.8 Å². The summed E-state index contributed by atoms with van der Waals surface area (Å²) in [7, 11) is 4.65. The monoisotopic (exact) mass is 544 g/mol. The summed E-state index contributed by atoms with van der Waals surface area (Å²) in [5, 5.41) is 4.04. The highest BCUT2D eigenvalue weighted by Crippen LogP contribution is 2.35. The number of carbonyl (C=O) groups excluding carboxylic acids is 3. The number of fused-ring (bicyclic) bond motifs is 3. The van der Waals surface area contributed by atoms with Crippen molar-refractivity contribution in [3.8, 4) is 5.75 Å². The molecule has 40 heavy (non-hydrogen) atoms. The Morgan fingerprint density at radius 3 is 2.33 bits per heavy atom. The molecule has 208 valence electrons. The van der Waals surface area contributed by atoms with Crippen molar-refractivity contribution in [3.63, 3.8) is 0 Å². The topological polar surface area (TPSA) is 112 Å². The average molecular weight is 545 g/mol. The highest BCUT2D eigenvalue weighted by atomic mass is 16.5. The van der Waals surface area contributed by atoms with E-state index in [0.717, 1.165) is 5.39 Å². The first-order chi connectivity index (χ1) is 19.3. The van der Waals surface area contributed by atoms with Gasteiger partial charge in [-0.1, -0.05) is 48.5 Å². The SMILES string of the molecule is COCC(=O)N1CCC(NC(=O)c2c(OC)c3c(=O)n(CC(=O)c4ccccc4)c4ccccc4c3n2C)CC1. The number of hydrogen-bond acceptors (Lipinski definition) is 6. The van der Waals surface area contributed by atoms with Crippen molar-refractivity contribution in [2.75, 3.05) is 33.9 Å². The number of methoxy groups -OCH3 is 2. The zero-order valence-corrected chi connectivity index (χ0v) is 22.8. The minimum absolute atomic E-state index is 0.0343. The number of piperidine rings is 1. The molecular formula is C30H32N4O6. The summed E-state index contributed by atoms with van der Waals surface area (Å²) in [6.45, 7) is 0.917. The molecule has 0 saturated carbocycles. The molecule has 4 aromatic rings. The summed E-state index contributed by atoms with van der Waals surface area (Å²) < 4.78 is 13.8. The van der Waals surface area contributed by atoms with Crippen molar-refractivity contribution in [1.29, 1.82) is 0 Å². The number of likely N-dealkylation sites (tertiary alicyclic amines) is 1. The Labute approximate surface area is 231 Å². The fourth-order valence-electron chi connectivity index (χ4n) is 5.54. The van der Waals surface area contributed by atoms with Crippen LogP contribution < -0.4 is 15.6 Å². The van der Waals surface area contributed by atoms with Gasteiger partial charge < -0.3 is 24.3 Å². The molecule has 1 fully saturated rings. The van der Waals surface area contributed by atoms with Gasteiger partial charge in [-0.25, -0.2) is 0 Å². The third kappa shape index (κ3) is 4.86. The molecule has 3 heterocycles. The van der Waals surface area contributed by atoms with Gasteiger partial charge in [0.2, 0.25) is 5.91 Å². The fourth-order valence-corrected chi connectivity index (χ4v) is 5.54. The third-order valence-corrected chi connectivity index (χ3v) is 7.53. The number of carbonyl (C=O) groups is 3. The van der Waals surface area contributed by atoms with E-state index in [9.17, 15) is 19.2 Å². The van der Waals surface area contributed by atoms with E-state index in [0.29, 0.717) is 42.5 Å². The molecule has 1 aliphatic heterocycles. The number of aromatic nitrogens is 2. The number of nitrogens with one attached hydrogen (secondary N) is 1. The number of benzene rings is 2. The summed E-state index contributed by atoms with van der Waals surface area (Å²) in [6, 6.07) is 16.0. The maximum atomic E-state index is 14.0. The Hall–Kier alpha value is -4.44. The predicted octanol–water partition coefficient (Wildman–Crippen LogP) is 2.75. The maximum Gasteiger partial charge on any atom is 0.272 e. The molecule has 0 atom stereocenters. The van der Waals surface area contributed by atoms with Gasteiger partial charge >= 0.3 is 0 Å². The lowest BCUT2D eigenvalue weighted by atomic mass is 10.0. The van der Waals surface area contributed by atoms with Crippen LogP contribution in [-0.4, -0.2) is 71.6 Å². The Kier molecular flexibility index (Phi) is 7.70. The molecule has 1 N–H and O–H groups in total. The first-order valence-electron chi connectivity index (χ1n) is 13.2. The number of pyridine rings is 1. The maximum absolute atomic E-state index is 14.0. The van der Waals surface area contributed by atoms with Crippen molar-refractivity contribution >= 4 is 39.4 Å². The lowest BCUT2D eigenvalue weighted by molar-refractivity contribution is -0.136. The zero-order chi connectivity index (χ0) is 28.4. The lowest BCUT2D eigenvalue weighted by Gasteiger charge is -2.32. The molecule has 5 rings (SSSR count). The van der Waals surface area contributed by atoms with E-state index in [2.05, 4.69) is 5.32 Å². The van der Waals surface area contributed by atoms with E-state index < -0.39 is 5.56 Å². The van der Waals surface area contributed by atoms with Crippen LogP contribution in [-0.2, 0) is 23.1 Å². The molecule has 2 amide bonds. The van der Waals surface area contributed by atoms with Crippen LogP contribution in [0.1, 0.15) is 33.7 Å². The molecule has 10 nitrogen and oxygen atoms in total. The highest BCUT2D eigenvalue weighted by molar-refractivity contribution is 6.12. The Morgan fingerprint density at radius 2 is 1.65 bits per heavy atom. The van der Waals surface area contributed by atoms with E-state index in [1.54, 1.807) is 46.8 Å². The molecule has 2 aromatic heterocycles. The summed E-state index contributed by atoms with van der Waals surface area (Å²) >= 11 is 0. The summed E-state index contributed by atoms with van der Waals surface area (Å²) in [4.78, 5) is 54.6. The fraction of sp³-hybridized carbons (Fsp3) is 0.333. The molecule has 0 radical (unpaired) electrons. The summed E-state index contributed by atoms with van der Waals surface area (Å²) in [6.07, 6.45) is 1.20. The minimum Gasteiger partial charge on any atom is -0.493 e. The van der Waals surface area contributed by atoms with Gasteiger partial charge in [0.1, 0.15) is 12.0 Å². The van der Waals surface area contributed by atoms with Gasteiger partial charge in [0.15, 0.2) is 17.2 Å². The Balaban J connectivity index is 1.53.